The van der Waals surface area contributed by atoms with Crippen molar-refractivity contribution in [3.05, 3.63) is 70.5 Å². The van der Waals surface area contributed by atoms with E-state index in [-0.39, 0.29) is 17.2 Å². The molecule has 0 aromatic heterocycles. The Balaban J connectivity index is 2.30. The number of rotatable bonds is 4. The van der Waals surface area contributed by atoms with Crippen LogP contribution in [0.4, 0.5) is 4.39 Å². The number of halogens is 2. The quantitative estimate of drug-likeness (QED) is 0.912. The Bertz CT molecular complexity index is 648. The third-order valence-corrected chi connectivity index (χ3v) is 3.52. The van der Waals surface area contributed by atoms with Crippen LogP contribution in [-0.4, -0.2) is 17.6 Å². The van der Waals surface area contributed by atoms with Gasteiger partial charge in [0.05, 0.1) is 17.7 Å². The SMILES string of the molecule is CC(CO)(NC(=O)c1cc(Cl)ccc1F)c1ccccc1. The Morgan fingerprint density at radius 2 is 1.95 bits per heavy atom. The van der Waals surface area contributed by atoms with Crippen molar-refractivity contribution >= 4 is 17.5 Å². The number of aliphatic hydroxyl groups excluding tert-OH is 1. The molecule has 5 heteroatoms. The van der Waals surface area contributed by atoms with Crippen molar-refractivity contribution < 1.29 is 14.3 Å². The van der Waals surface area contributed by atoms with E-state index < -0.39 is 17.3 Å². The molecule has 21 heavy (non-hydrogen) atoms. The van der Waals surface area contributed by atoms with Crippen molar-refractivity contribution in [1.29, 1.82) is 0 Å². The number of hydrogen-bond acceptors (Lipinski definition) is 2. The summed E-state index contributed by atoms with van der Waals surface area (Å²) >= 11 is 5.79. The second kappa shape index (κ2) is 6.24. The molecule has 0 aliphatic rings. The van der Waals surface area contributed by atoms with Gasteiger partial charge in [0.2, 0.25) is 0 Å². The lowest BCUT2D eigenvalue weighted by atomic mass is 9.92. The van der Waals surface area contributed by atoms with Crippen LogP contribution in [0.2, 0.25) is 5.02 Å². The van der Waals surface area contributed by atoms with Crippen molar-refractivity contribution in [3.8, 4) is 0 Å². The van der Waals surface area contributed by atoms with Crippen LogP contribution in [0.25, 0.3) is 0 Å². The highest BCUT2D eigenvalue weighted by atomic mass is 35.5. The highest BCUT2D eigenvalue weighted by Crippen LogP contribution is 2.22. The standard InChI is InChI=1S/C16H15ClFNO2/c1-16(10-20,11-5-3-2-4-6-11)19-15(21)13-9-12(17)7-8-14(13)18/h2-9,20H,10H2,1H3,(H,19,21). The summed E-state index contributed by atoms with van der Waals surface area (Å²) in [7, 11) is 0. The molecule has 110 valence electrons. The summed E-state index contributed by atoms with van der Waals surface area (Å²) in [4.78, 5) is 12.2. The molecule has 0 radical (unpaired) electrons. The second-order valence-electron chi connectivity index (χ2n) is 4.93. The molecular weight excluding hydrogens is 293 g/mol. The van der Waals surface area contributed by atoms with Crippen molar-refractivity contribution in [2.24, 2.45) is 0 Å². The van der Waals surface area contributed by atoms with Crippen LogP contribution in [0.1, 0.15) is 22.8 Å². The molecule has 0 aliphatic heterocycles. The van der Waals surface area contributed by atoms with E-state index in [1.165, 1.54) is 12.1 Å². The van der Waals surface area contributed by atoms with E-state index in [2.05, 4.69) is 5.32 Å². The maximum Gasteiger partial charge on any atom is 0.255 e. The molecule has 1 atom stereocenters. The maximum absolute atomic E-state index is 13.7. The normalized spacial score (nSPS) is 13.5. The van der Waals surface area contributed by atoms with Crippen LogP contribution in [0.15, 0.2) is 48.5 Å². The first-order valence-electron chi connectivity index (χ1n) is 6.40. The van der Waals surface area contributed by atoms with E-state index in [0.717, 1.165) is 11.6 Å². The fraction of sp³-hybridized carbons (Fsp3) is 0.188. The smallest absolute Gasteiger partial charge is 0.255 e. The predicted octanol–water partition coefficient (Wildman–Crippen LogP) is 3.12. The van der Waals surface area contributed by atoms with E-state index in [1.807, 2.05) is 6.07 Å². The Morgan fingerprint density at radius 1 is 1.29 bits per heavy atom. The topological polar surface area (TPSA) is 49.3 Å². The molecule has 1 unspecified atom stereocenters. The summed E-state index contributed by atoms with van der Waals surface area (Å²) in [6.07, 6.45) is 0. The van der Waals surface area contributed by atoms with Gasteiger partial charge in [0.25, 0.3) is 5.91 Å². The first-order valence-corrected chi connectivity index (χ1v) is 6.78. The molecule has 2 aromatic carbocycles. The monoisotopic (exact) mass is 307 g/mol. The van der Waals surface area contributed by atoms with Gasteiger partial charge in [-0.15, -0.1) is 0 Å². The van der Waals surface area contributed by atoms with E-state index in [4.69, 9.17) is 11.6 Å². The van der Waals surface area contributed by atoms with Crippen LogP contribution in [0.5, 0.6) is 0 Å². The Hall–Kier alpha value is -1.91. The van der Waals surface area contributed by atoms with Gasteiger partial charge in [-0.3, -0.25) is 4.79 Å². The van der Waals surface area contributed by atoms with Crippen molar-refractivity contribution in [2.75, 3.05) is 6.61 Å². The number of carbonyl (C=O) groups is 1. The molecule has 0 saturated carbocycles. The molecule has 0 aliphatic carbocycles. The number of hydrogen-bond donors (Lipinski definition) is 2. The second-order valence-corrected chi connectivity index (χ2v) is 5.37. The molecule has 0 heterocycles. The first-order chi connectivity index (χ1) is 9.96. The van der Waals surface area contributed by atoms with Crippen molar-refractivity contribution in [3.63, 3.8) is 0 Å². The van der Waals surface area contributed by atoms with Crippen molar-refractivity contribution in [1.82, 2.24) is 5.32 Å². The van der Waals surface area contributed by atoms with E-state index >= 15 is 0 Å². The van der Waals surface area contributed by atoms with E-state index in [0.29, 0.717) is 0 Å². The average Bonchev–Trinajstić information content (AvgIpc) is 2.50. The molecule has 0 spiro atoms. The van der Waals surface area contributed by atoms with Gasteiger partial charge < -0.3 is 10.4 Å². The Morgan fingerprint density at radius 3 is 2.57 bits per heavy atom. The summed E-state index contributed by atoms with van der Waals surface area (Å²) < 4.78 is 13.7. The van der Waals surface area contributed by atoms with E-state index in [1.54, 1.807) is 31.2 Å². The van der Waals surface area contributed by atoms with Gasteiger partial charge in [-0.25, -0.2) is 4.39 Å². The largest absolute Gasteiger partial charge is 0.394 e. The summed E-state index contributed by atoms with van der Waals surface area (Å²) in [5.41, 5.74) is -0.436. The summed E-state index contributed by atoms with van der Waals surface area (Å²) in [5, 5.41) is 12.6. The van der Waals surface area contributed by atoms with Gasteiger partial charge in [0.15, 0.2) is 0 Å². The molecule has 3 nitrogen and oxygen atoms in total. The van der Waals surface area contributed by atoms with Crippen LogP contribution in [0.3, 0.4) is 0 Å². The lowest BCUT2D eigenvalue weighted by molar-refractivity contribution is 0.0845. The van der Waals surface area contributed by atoms with E-state index in [9.17, 15) is 14.3 Å². The number of nitrogens with one attached hydrogen (secondary N) is 1. The lowest BCUT2D eigenvalue weighted by Gasteiger charge is -2.29. The Labute approximate surface area is 127 Å². The van der Waals surface area contributed by atoms with Gasteiger partial charge in [0, 0.05) is 5.02 Å². The molecule has 2 N–H and O–H groups in total. The highest BCUT2D eigenvalue weighted by molar-refractivity contribution is 6.31. The highest BCUT2D eigenvalue weighted by Gasteiger charge is 2.29. The van der Waals surface area contributed by atoms with Crippen molar-refractivity contribution in [2.45, 2.75) is 12.5 Å². The maximum atomic E-state index is 13.7. The average molecular weight is 308 g/mol. The lowest BCUT2D eigenvalue weighted by Crippen LogP contribution is -2.46. The zero-order valence-corrected chi connectivity index (χ0v) is 12.2. The van der Waals surface area contributed by atoms with Gasteiger partial charge in [-0.05, 0) is 30.7 Å². The number of amides is 1. The number of carbonyl (C=O) groups excluding carboxylic acids is 1. The van der Waals surface area contributed by atoms with Gasteiger partial charge >= 0.3 is 0 Å². The predicted molar refractivity (Wildman–Crippen MR) is 79.8 cm³/mol. The molecule has 0 fully saturated rings. The zero-order valence-electron chi connectivity index (χ0n) is 11.4. The molecule has 0 bridgehead atoms. The minimum atomic E-state index is -1.01. The molecular formula is C16H15ClFNO2. The zero-order chi connectivity index (χ0) is 15.5. The molecule has 2 rings (SSSR count). The minimum Gasteiger partial charge on any atom is -0.394 e. The summed E-state index contributed by atoms with van der Waals surface area (Å²) in [6, 6.07) is 12.8. The minimum absolute atomic E-state index is 0.155. The fourth-order valence-electron chi connectivity index (χ4n) is 2.00. The third-order valence-electron chi connectivity index (χ3n) is 3.29. The molecule has 2 aromatic rings. The Kier molecular flexibility index (Phi) is 4.60. The van der Waals surface area contributed by atoms with Gasteiger partial charge in [0.1, 0.15) is 5.82 Å². The first kappa shape index (κ1) is 15.5. The molecule has 0 saturated heterocycles. The van der Waals surface area contributed by atoms with Crippen LogP contribution in [-0.2, 0) is 5.54 Å². The molecule has 1 amide bonds. The summed E-state index contributed by atoms with van der Waals surface area (Å²) in [6.45, 7) is 1.35. The van der Waals surface area contributed by atoms with Crippen LogP contribution >= 0.6 is 11.6 Å². The fourth-order valence-corrected chi connectivity index (χ4v) is 2.17. The van der Waals surface area contributed by atoms with Crippen LogP contribution in [0, 0.1) is 5.82 Å². The summed E-state index contributed by atoms with van der Waals surface area (Å²) in [5.74, 6) is -1.29. The van der Waals surface area contributed by atoms with Gasteiger partial charge in [-0.2, -0.15) is 0 Å². The third kappa shape index (κ3) is 3.40. The van der Waals surface area contributed by atoms with Crippen LogP contribution < -0.4 is 5.32 Å². The number of benzene rings is 2. The number of aliphatic hydroxyl groups is 1. The van der Waals surface area contributed by atoms with Gasteiger partial charge in [-0.1, -0.05) is 41.9 Å².